The molecule has 2 aromatic rings. The number of rotatable bonds is 5. The number of hydrogen-bond acceptors (Lipinski definition) is 5. The second-order valence-corrected chi connectivity index (χ2v) is 4.42. The summed E-state index contributed by atoms with van der Waals surface area (Å²) in [4.78, 5) is 18.5. The van der Waals surface area contributed by atoms with Crippen LogP contribution < -0.4 is 10.1 Å². The van der Waals surface area contributed by atoms with Crippen molar-refractivity contribution >= 4 is 17.6 Å². The third-order valence-corrected chi connectivity index (χ3v) is 2.38. The Labute approximate surface area is 116 Å². The van der Waals surface area contributed by atoms with Gasteiger partial charge in [-0.1, -0.05) is 0 Å². The fraction of sp³-hybridized carbons (Fsp3) is 0.214. The first-order valence-electron chi connectivity index (χ1n) is 6.13. The standard InChI is InChI=1S/C14H15N3O3/c1-9(2)20-12-5-3-11(4-6-12)17-14-15-7-10(8-16-14)13(18)19/h3-9H,1-2H3,(H,18,19)(H,15,16,17). The van der Waals surface area contributed by atoms with Gasteiger partial charge >= 0.3 is 5.97 Å². The van der Waals surface area contributed by atoms with Crippen molar-refractivity contribution in [2.45, 2.75) is 20.0 Å². The molecule has 2 N–H and O–H groups in total. The van der Waals surface area contributed by atoms with Crippen LogP contribution in [-0.4, -0.2) is 27.1 Å². The molecule has 0 saturated carbocycles. The summed E-state index contributed by atoms with van der Waals surface area (Å²) in [6.07, 6.45) is 2.64. The molecule has 0 radical (unpaired) electrons. The lowest BCUT2D eigenvalue weighted by molar-refractivity contribution is 0.0696. The number of aromatic nitrogens is 2. The highest BCUT2D eigenvalue weighted by atomic mass is 16.5. The average molecular weight is 273 g/mol. The normalized spacial score (nSPS) is 10.3. The van der Waals surface area contributed by atoms with Gasteiger partial charge in [-0.3, -0.25) is 0 Å². The Balaban J connectivity index is 2.04. The predicted molar refractivity (Wildman–Crippen MR) is 74.5 cm³/mol. The molecular weight excluding hydrogens is 258 g/mol. The number of hydrogen-bond donors (Lipinski definition) is 2. The minimum absolute atomic E-state index is 0.0521. The van der Waals surface area contributed by atoms with Gasteiger partial charge in [0.05, 0.1) is 11.7 Å². The van der Waals surface area contributed by atoms with Crippen LogP contribution in [0.25, 0.3) is 0 Å². The maximum absolute atomic E-state index is 10.7. The van der Waals surface area contributed by atoms with Crippen LogP contribution in [0, 0.1) is 0 Å². The first kappa shape index (κ1) is 13.8. The zero-order valence-corrected chi connectivity index (χ0v) is 11.2. The number of carboxylic acid groups (broad SMARTS) is 1. The average Bonchev–Trinajstić information content (AvgIpc) is 2.41. The molecule has 104 valence electrons. The Morgan fingerprint density at radius 1 is 1.20 bits per heavy atom. The van der Waals surface area contributed by atoms with Gasteiger partial charge in [0.25, 0.3) is 0 Å². The summed E-state index contributed by atoms with van der Waals surface area (Å²) in [5.74, 6) is 0.0759. The van der Waals surface area contributed by atoms with Crippen LogP contribution in [0.5, 0.6) is 5.75 Å². The molecule has 1 aromatic carbocycles. The maximum Gasteiger partial charge on any atom is 0.338 e. The quantitative estimate of drug-likeness (QED) is 0.871. The molecular formula is C14H15N3O3. The monoisotopic (exact) mass is 273 g/mol. The largest absolute Gasteiger partial charge is 0.491 e. The van der Waals surface area contributed by atoms with Gasteiger partial charge in [0, 0.05) is 18.1 Å². The summed E-state index contributed by atoms with van der Waals surface area (Å²) < 4.78 is 5.54. The van der Waals surface area contributed by atoms with E-state index in [1.54, 1.807) is 0 Å². The molecule has 2 rings (SSSR count). The molecule has 0 amide bonds. The van der Waals surface area contributed by atoms with E-state index in [0.717, 1.165) is 11.4 Å². The van der Waals surface area contributed by atoms with Gasteiger partial charge in [-0.25, -0.2) is 14.8 Å². The van der Waals surface area contributed by atoms with Crippen molar-refractivity contribution in [3.05, 3.63) is 42.2 Å². The highest BCUT2D eigenvalue weighted by Crippen LogP contribution is 2.18. The minimum atomic E-state index is -1.05. The van der Waals surface area contributed by atoms with E-state index in [9.17, 15) is 4.79 Å². The van der Waals surface area contributed by atoms with Crippen molar-refractivity contribution in [2.24, 2.45) is 0 Å². The summed E-state index contributed by atoms with van der Waals surface area (Å²) in [6.45, 7) is 3.92. The fourth-order valence-electron chi connectivity index (χ4n) is 1.52. The maximum atomic E-state index is 10.7. The minimum Gasteiger partial charge on any atom is -0.491 e. The Hall–Kier alpha value is -2.63. The van der Waals surface area contributed by atoms with Crippen LogP contribution in [0.1, 0.15) is 24.2 Å². The van der Waals surface area contributed by atoms with Crippen molar-refractivity contribution in [3.8, 4) is 5.75 Å². The summed E-state index contributed by atoms with van der Waals surface area (Å²) in [5, 5.41) is 11.7. The zero-order valence-electron chi connectivity index (χ0n) is 11.2. The molecule has 0 unspecified atom stereocenters. The molecule has 0 spiro atoms. The molecule has 0 atom stereocenters. The number of anilines is 2. The summed E-state index contributed by atoms with van der Waals surface area (Å²) in [7, 11) is 0. The van der Waals surface area contributed by atoms with Crippen LogP contribution >= 0.6 is 0 Å². The molecule has 0 fully saturated rings. The molecule has 1 aromatic heterocycles. The number of ether oxygens (including phenoxy) is 1. The summed E-state index contributed by atoms with van der Waals surface area (Å²) >= 11 is 0. The molecule has 6 nitrogen and oxygen atoms in total. The Bertz CT molecular complexity index is 580. The van der Waals surface area contributed by atoms with Crippen LogP contribution in [0.3, 0.4) is 0 Å². The Kier molecular flexibility index (Phi) is 4.14. The molecule has 0 aliphatic heterocycles. The number of benzene rings is 1. The second-order valence-electron chi connectivity index (χ2n) is 4.42. The fourth-order valence-corrected chi connectivity index (χ4v) is 1.52. The highest BCUT2D eigenvalue weighted by molar-refractivity contribution is 5.86. The van der Waals surface area contributed by atoms with Crippen molar-refractivity contribution < 1.29 is 14.6 Å². The van der Waals surface area contributed by atoms with Crippen LogP contribution in [0.2, 0.25) is 0 Å². The molecule has 0 saturated heterocycles. The lowest BCUT2D eigenvalue weighted by Crippen LogP contribution is -2.05. The van der Waals surface area contributed by atoms with Crippen molar-refractivity contribution in [1.29, 1.82) is 0 Å². The molecule has 6 heteroatoms. The van der Waals surface area contributed by atoms with E-state index < -0.39 is 5.97 Å². The van der Waals surface area contributed by atoms with Crippen molar-refractivity contribution in [1.82, 2.24) is 9.97 Å². The number of nitrogens with zero attached hydrogens (tertiary/aromatic N) is 2. The smallest absolute Gasteiger partial charge is 0.338 e. The predicted octanol–water partition coefficient (Wildman–Crippen LogP) is 2.71. The van der Waals surface area contributed by atoms with E-state index in [4.69, 9.17) is 9.84 Å². The van der Waals surface area contributed by atoms with E-state index >= 15 is 0 Å². The van der Waals surface area contributed by atoms with Gasteiger partial charge in [0.2, 0.25) is 5.95 Å². The van der Waals surface area contributed by atoms with Gasteiger partial charge in [-0.2, -0.15) is 0 Å². The third-order valence-electron chi connectivity index (χ3n) is 2.38. The molecule has 0 aliphatic rings. The lowest BCUT2D eigenvalue weighted by Gasteiger charge is -2.10. The van der Waals surface area contributed by atoms with Gasteiger partial charge in [0.15, 0.2) is 0 Å². The number of nitrogens with one attached hydrogen (secondary N) is 1. The van der Waals surface area contributed by atoms with Crippen LogP contribution in [0.15, 0.2) is 36.7 Å². The highest BCUT2D eigenvalue weighted by Gasteiger charge is 2.04. The van der Waals surface area contributed by atoms with E-state index in [-0.39, 0.29) is 11.7 Å². The number of carboxylic acids is 1. The van der Waals surface area contributed by atoms with E-state index in [2.05, 4.69) is 15.3 Å². The number of aromatic carboxylic acids is 1. The van der Waals surface area contributed by atoms with Gasteiger partial charge in [0.1, 0.15) is 5.75 Å². The first-order valence-corrected chi connectivity index (χ1v) is 6.13. The van der Waals surface area contributed by atoms with E-state index in [1.165, 1.54) is 12.4 Å². The van der Waals surface area contributed by atoms with Crippen molar-refractivity contribution in [3.63, 3.8) is 0 Å². The van der Waals surface area contributed by atoms with Gasteiger partial charge in [-0.05, 0) is 38.1 Å². The van der Waals surface area contributed by atoms with Crippen LogP contribution in [-0.2, 0) is 0 Å². The number of carbonyl (C=O) groups is 1. The topological polar surface area (TPSA) is 84.3 Å². The molecule has 20 heavy (non-hydrogen) atoms. The summed E-state index contributed by atoms with van der Waals surface area (Å²) in [6, 6.07) is 7.36. The zero-order chi connectivity index (χ0) is 14.5. The van der Waals surface area contributed by atoms with Gasteiger partial charge in [-0.15, -0.1) is 0 Å². The molecule has 1 heterocycles. The second kappa shape index (κ2) is 6.01. The Morgan fingerprint density at radius 2 is 1.80 bits per heavy atom. The Morgan fingerprint density at radius 3 is 2.30 bits per heavy atom. The lowest BCUT2D eigenvalue weighted by atomic mass is 10.3. The molecule has 0 aliphatic carbocycles. The van der Waals surface area contributed by atoms with Crippen molar-refractivity contribution in [2.75, 3.05) is 5.32 Å². The van der Waals surface area contributed by atoms with E-state index in [1.807, 2.05) is 38.1 Å². The van der Waals surface area contributed by atoms with Gasteiger partial charge < -0.3 is 15.2 Å². The molecule has 0 bridgehead atoms. The first-order chi connectivity index (χ1) is 9.54. The SMILES string of the molecule is CC(C)Oc1ccc(Nc2ncc(C(=O)O)cn2)cc1. The third kappa shape index (κ3) is 3.68. The van der Waals surface area contributed by atoms with E-state index in [0.29, 0.717) is 5.95 Å². The van der Waals surface area contributed by atoms with Crippen LogP contribution in [0.4, 0.5) is 11.6 Å². The summed E-state index contributed by atoms with van der Waals surface area (Å²) in [5.41, 5.74) is 0.848.